The summed E-state index contributed by atoms with van der Waals surface area (Å²) in [5.74, 6) is -0.238. The zero-order valence-electron chi connectivity index (χ0n) is 33.5. The van der Waals surface area contributed by atoms with Crippen molar-refractivity contribution in [2.24, 2.45) is 20.0 Å². The number of aromatic hydroxyl groups is 2. The first-order valence-electron chi connectivity index (χ1n) is 19.7. The second-order valence-electron chi connectivity index (χ2n) is 17.0. The van der Waals surface area contributed by atoms with Gasteiger partial charge in [-0.15, -0.1) is 0 Å². The highest BCUT2D eigenvalue weighted by molar-refractivity contribution is 6.39. The molecule has 4 aromatic rings. The van der Waals surface area contributed by atoms with E-state index in [1.807, 2.05) is 127 Å². The van der Waals surface area contributed by atoms with Crippen molar-refractivity contribution in [1.29, 1.82) is 0 Å². The van der Waals surface area contributed by atoms with Crippen molar-refractivity contribution < 1.29 is 10.2 Å². The van der Waals surface area contributed by atoms with Gasteiger partial charge in [0, 0.05) is 33.4 Å². The van der Waals surface area contributed by atoms with Gasteiger partial charge in [-0.1, -0.05) is 133 Å². The Labute approximate surface area is 339 Å². The van der Waals surface area contributed by atoms with Gasteiger partial charge in [-0.05, 0) is 87.8 Å². The monoisotopic (exact) mass is 756 g/mol. The smallest absolute Gasteiger partial charge is 0.162 e. The lowest BCUT2D eigenvalue weighted by molar-refractivity contribution is 0.376. The molecule has 0 spiro atoms. The van der Waals surface area contributed by atoms with Gasteiger partial charge in [-0.2, -0.15) is 0 Å². The van der Waals surface area contributed by atoms with Crippen LogP contribution in [0.3, 0.4) is 0 Å². The first-order valence-corrected chi connectivity index (χ1v) is 19.7. The van der Waals surface area contributed by atoms with Gasteiger partial charge < -0.3 is 10.2 Å². The molecule has 9 rings (SSSR count). The number of rotatable bonds is 4. The number of hydrogen-bond acceptors (Lipinski definition) is 6. The molecule has 0 saturated heterocycles. The summed E-state index contributed by atoms with van der Waals surface area (Å²) in [4.78, 5) is 21.6. The van der Waals surface area contributed by atoms with Crippen molar-refractivity contribution in [2.75, 3.05) is 0 Å². The van der Waals surface area contributed by atoms with E-state index in [1.54, 1.807) is 0 Å². The number of allylic oxidation sites excluding steroid dienone is 12. The van der Waals surface area contributed by atoms with Crippen molar-refractivity contribution in [3.05, 3.63) is 202 Å². The molecule has 284 valence electrons. The lowest BCUT2D eigenvalue weighted by Crippen LogP contribution is -2.19. The predicted octanol–water partition coefficient (Wildman–Crippen LogP) is 11.7. The Morgan fingerprint density at radius 3 is 1.03 bits per heavy atom. The highest BCUT2D eigenvalue weighted by Crippen LogP contribution is 2.49. The Hall–Kier alpha value is -6.92. The molecule has 2 N–H and O–H groups in total. The average molecular weight is 757 g/mol. The molecular formula is C52H44N4O2. The van der Waals surface area contributed by atoms with Gasteiger partial charge in [0.15, 0.2) is 11.5 Å². The van der Waals surface area contributed by atoms with Crippen LogP contribution in [0.5, 0.6) is 11.5 Å². The molecule has 6 heteroatoms. The summed E-state index contributed by atoms with van der Waals surface area (Å²) in [6.07, 6.45) is 16.4. The minimum Gasteiger partial charge on any atom is -0.504 e. The highest BCUT2D eigenvalue weighted by Gasteiger charge is 2.34. The molecule has 0 radical (unpaired) electrons. The molecule has 0 aliphatic carbocycles. The summed E-state index contributed by atoms with van der Waals surface area (Å²) in [5.41, 5.74) is 13.5. The van der Waals surface area contributed by atoms with Crippen LogP contribution in [0.15, 0.2) is 188 Å². The third-order valence-electron chi connectivity index (χ3n) is 10.9. The largest absolute Gasteiger partial charge is 0.504 e. The van der Waals surface area contributed by atoms with Crippen LogP contribution in [0.25, 0.3) is 22.3 Å². The van der Waals surface area contributed by atoms with Crippen LogP contribution in [0.1, 0.15) is 74.9 Å². The molecule has 0 unspecified atom stereocenters. The second kappa shape index (κ2) is 13.9. The van der Waals surface area contributed by atoms with Gasteiger partial charge in [0.2, 0.25) is 0 Å². The quantitative estimate of drug-likeness (QED) is 0.203. The Balaban J connectivity index is 1.42. The predicted molar refractivity (Wildman–Crippen MR) is 240 cm³/mol. The third-order valence-corrected chi connectivity index (χ3v) is 10.9. The van der Waals surface area contributed by atoms with Crippen molar-refractivity contribution in [3.8, 4) is 11.5 Å². The van der Waals surface area contributed by atoms with Crippen LogP contribution in [0.2, 0.25) is 0 Å². The zero-order chi connectivity index (χ0) is 40.3. The number of phenols is 2. The molecule has 0 fully saturated rings. The van der Waals surface area contributed by atoms with E-state index in [2.05, 4.69) is 60.7 Å². The zero-order valence-corrected chi connectivity index (χ0v) is 33.5. The van der Waals surface area contributed by atoms with Gasteiger partial charge in [0.25, 0.3) is 0 Å². The fourth-order valence-corrected chi connectivity index (χ4v) is 8.25. The van der Waals surface area contributed by atoms with Gasteiger partial charge in [0.05, 0.1) is 45.6 Å². The third kappa shape index (κ3) is 6.41. The normalized spacial score (nSPS) is 17.5. The molecule has 0 amide bonds. The van der Waals surface area contributed by atoms with E-state index in [0.717, 1.165) is 78.8 Å². The number of aliphatic imine (C=N–C) groups is 4. The lowest BCUT2D eigenvalue weighted by Gasteiger charge is -2.30. The minimum absolute atomic E-state index is 0.107. The molecule has 8 bridgehead atoms. The maximum Gasteiger partial charge on any atom is 0.162 e. The van der Waals surface area contributed by atoms with Crippen molar-refractivity contribution in [3.63, 3.8) is 0 Å². The van der Waals surface area contributed by atoms with E-state index in [9.17, 15) is 10.2 Å². The van der Waals surface area contributed by atoms with Crippen LogP contribution in [-0.4, -0.2) is 33.1 Å². The lowest BCUT2D eigenvalue weighted by atomic mass is 9.75. The number of phenolic OH excluding ortho intramolecular Hbond substituents is 2. The highest BCUT2D eigenvalue weighted by atomic mass is 16.3. The van der Waals surface area contributed by atoms with E-state index in [-0.39, 0.29) is 11.5 Å². The van der Waals surface area contributed by atoms with E-state index in [1.165, 1.54) is 0 Å². The van der Waals surface area contributed by atoms with Crippen LogP contribution < -0.4 is 0 Å². The topological polar surface area (TPSA) is 89.9 Å². The SMILES string of the molecule is CC(C)(C)c1cc(C2=C3C=CC(=N3)C(c3ccccc3)=C3C=CC(=N3)C(c3ccccc3)=C3C=CC(=N3)C(c3ccccc3)=C3C=CC2=N3)c(C(C)(C)C)c(O)c1O. The minimum atomic E-state index is -0.568. The fourth-order valence-electron chi connectivity index (χ4n) is 8.25. The number of benzene rings is 4. The maximum absolute atomic E-state index is 11.9. The summed E-state index contributed by atoms with van der Waals surface area (Å²) in [5, 5.41) is 23.5. The molecule has 5 aliphatic rings. The summed E-state index contributed by atoms with van der Waals surface area (Å²) in [6, 6.07) is 32.8. The molecule has 0 saturated carbocycles. The Morgan fingerprint density at radius 2 is 0.707 bits per heavy atom. The van der Waals surface area contributed by atoms with Crippen LogP contribution in [0, 0.1) is 0 Å². The fraction of sp³-hybridized carbons (Fsp3) is 0.154. The maximum atomic E-state index is 11.9. The number of nitrogens with zero attached hydrogens (tertiary/aromatic N) is 4. The number of fused-ring (bicyclic) bond motifs is 4. The Morgan fingerprint density at radius 1 is 0.379 bits per heavy atom. The van der Waals surface area contributed by atoms with E-state index < -0.39 is 10.8 Å². The first-order chi connectivity index (χ1) is 27.9. The van der Waals surface area contributed by atoms with Crippen molar-refractivity contribution in [1.82, 2.24) is 0 Å². The van der Waals surface area contributed by atoms with Crippen LogP contribution in [0.4, 0.5) is 0 Å². The van der Waals surface area contributed by atoms with E-state index in [0.29, 0.717) is 22.5 Å². The standard InChI is InChI=1S/C52H44N4O2/c1-51(2,3)35-30-34(48(52(4,5)6)50(58)49(35)57)47-42-28-26-40(55-42)45(32-18-12-8-13-19-32)38-24-22-36(53-38)44(31-16-10-7-11-17-31)37-23-25-39(54-37)46(33-20-14-9-15-21-33)41-27-29-43(47)56-41/h7-30,57-58H,1-6H3. The van der Waals surface area contributed by atoms with Crippen LogP contribution >= 0.6 is 0 Å². The molecule has 4 aromatic carbocycles. The molecule has 0 atom stereocenters. The van der Waals surface area contributed by atoms with Crippen molar-refractivity contribution >= 4 is 45.1 Å². The molecule has 0 aromatic heterocycles. The molecule has 5 aliphatic heterocycles. The average Bonchev–Trinajstić information content (AvgIpc) is 4.04. The Bertz CT molecular complexity index is 2760. The first kappa shape index (κ1) is 36.7. The molecular weight excluding hydrogens is 713 g/mol. The number of hydrogen-bond donors (Lipinski definition) is 2. The summed E-state index contributed by atoms with van der Waals surface area (Å²) in [6.45, 7) is 12.3. The Kier molecular flexibility index (Phi) is 8.81. The summed E-state index contributed by atoms with van der Waals surface area (Å²) < 4.78 is 0. The molecule has 5 heterocycles. The molecule has 58 heavy (non-hydrogen) atoms. The van der Waals surface area contributed by atoms with Gasteiger partial charge in [0.1, 0.15) is 0 Å². The van der Waals surface area contributed by atoms with Crippen molar-refractivity contribution in [2.45, 2.75) is 52.4 Å². The van der Waals surface area contributed by atoms with Gasteiger partial charge >= 0.3 is 0 Å². The summed E-state index contributed by atoms with van der Waals surface area (Å²) >= 11 is 0. The second-order valence-corrected chi connectivity index (χ2v) is 17.0. The van der Waals surface area contributed by atoms with Crippen LogP contribution in [-0.2, 0) is 10.8 Å². The summed E-state index contributed by atoms with van der Waals surface area (Å²) in [7, 11) is 0. The van der Waals surface area contributed by atoms with E-state index in [4.69, 9.17) is 20.0 Å². The van der Waals surface area contributed by atoms with E-state index >= 15 is 0 Å². The van der Waals surface area contributed by atoms with Gasteiger partial charge in [-0.3, -0.25) is 0 Å². The van der Waals surface area contributed by atoms with Gasteiger partial charge in [-0.25, -0.2) is 20.0 Å². The molecule has 6 nitrogen and oxygen atoms in total.